The third-order valence-corrected chi connectivity index (χ3v) is 5.84. The van der Waals surface area contributed by atoms with Crippen LogP contribution in [-0.2, 0) is 14.8 Å². The number of halogens is 2. The van der Waals surface area contributed by atoms with Crippen molar-refractivity contribution in [2.75, 3.05) is 7.11 Å². The van der Waals surface area contributed by atoms with E-state index in [0.29, 0.717) is 0 Å². The number of ether oxygens (including phenoxy) is 1. The molecule has 2 rings (SSSR count). The first kappa shape index (κ1) is 18.9. The fourth-order valence-corrected chi connectivity index (χ4v) is 4.27. The van der Waals surface area contributed by atoms with Crippen molar-refractivity contribution in [1.82, 2.24) is 4.72 Å². The van der Waals surface area contributed by atoms with Gasteiger partial charge in [-0.15, -0.1) is 0 Å². The van der Waals surface area contributed by atoms with Crippen molar-refractivity contribution in [3.05, 3.63) is 63.1 Å². The molecule has 1 atom stereocenters. The maximum absolute atomic E-state index is 12.6. The van der Waals surface area contributed by atoms with Crippen LogP contribution in [0.25, 0.3) is 0 Å². The Balaban J connectivity index is 2.35. The van der Waals surface area contributed by atoms with E-state index >= 15 is 0 Å². The van der Waals surface area contributed by atoms with Gasteiger partial charge in [0.2, 0.25) is 10.0 Å². The van der Waals surface area contributed by atoms with Crippen LogP contribution >= 0.6 is 27.5 Å². The van der Waals surface area contributed by atoms with Crippen molar-refractivity contribution in [3.8, 4) is 0 Å². The fraction of sp³-hybridized carbons (Fsp3) is 0.188. The molecule has 0 aliphatic rings. The van der Waals surface area contributed by atoms with Gasteiger partial charge in [-0.2, -0.15) is 0 Å². The standard InChI is InChI=1S/C16H15BrClNO4S/c1-10(11-4-3-5-13(17)8-11)19-24(21,22)15-9-12(16(20)23-2)6-7-14(15)18/h3-10,19H,1-2H3. The van der Waals surface area contributed by atoms with E-state index in [4.69, 9.17) is 11.6 Å². The second-order valence-electron chi connectivity index (χ2n) is 5.03. The van der Waals surface area contributed by atoms with Gasteiger partial charge in [-0.1, -0.05) is 39.7 Å². The van der Waals surface area contributed by atoms with Crippen molar-refractivity contribution in [2.24, 2.45) is 0 Å². The highest BCUT2D eigenvalue weighted by Gasteiger charge is 2.23. The van der Waals surface area contributed by atoms with Gasteiger partial charge in [0.05, 0.1) is 17.7 Å². The van der Waals surface area contributed by atoms with Gasteiger partial charge in [0, 0.05) is 10.5 Å². The monoisotopic (exact) mass is 431 g/mol. The van der Waals surface area contributed by atoms with Crippen molar-refractivity contribution >= 4 is 43.5 Å². The van der Waals surface area contributed by atoms with Gasteiger partial charge >= 0.3 is 5.97 Å². The zero-order valence-electron chi connectivity index (χ0n) is 12.9. The van der Waals surface area contributed by atoms with E-state index in [1.807, 2.05) is 24.3 Å². The van der Waals surface area contributed by atoms with Gasteiger partial charge in [0.25, 0.3) is 0 Å². The molecule has 128 valence electrons. The molecule has 2 aromatic rings. The number of rotatable bonds is 5. The lowest BCUT2D eigenvalue weighted by Gasteiger charge is -2.16. The normalized spacial score (nSPS) is 12.7. The van der Waals surface area contributed by atoms with E-state index < -0.39 is 22.0 Å². The molecule has 2 aromatic carbocycles. The third-order valence-electron chi connectivity index (χ3n) is 3.32. The van der Waals surface area contributed by atoms with Crippen molar-refractivity contribution in [3.63, 3.8) is 0 Å². The largest absolute Gasteiger partial charge is 0.465 e. The summed E-state index contributed by atoms with van der Waals surface area (Å²) in [6, 6.07) is 10.8. The quantitative estimate of drug-likeness (QED) is 0.727. The number of hydrogen-bond donors (Lipinski definition) is 1. The topological polar surface area (TPSA) is 72.5 Å². The number of carbonyl (C=O) groups is 1. The maximum Gasteiger partial charge on any atom is 0.337 e. The maximum atomic E-state index is 12.6. The van der Waals surface area contributed by atoms with Crippen LogP contribution in [0.2, 0.25) is 5.02 Å². The molecule has 0 heterocycles. The lowest BCUT2D eigenvalue weighted by atomic mass is 10.1. The average Bonchev–Trinajstić information content (AvgIpc) is 2.54. The molecule has 5 nitrogen and oxygen atoms in total. The molecule has 0 bridgehead atoms. The van der Waals surface area contributed by atoms with Crippen LogP contribution in [0.1, 0.15) is 28.9 Å². The van der Waals surface area contributed by atoms with E-state index in [-0.39, 0.29) is 15.5 Å². The number of carbonyl (C=O) groups excluding carboxylic acids is 1. The Morgan fingerprint density at radius 2 is 1.96 bits per heavy atom. The van der Waals surface area contributed by atoms with Crippen LogP contribution < -0.4 is 4.72 Å². The van der Waals surface area contributed by atoms with E-state index in [1.165, 1.54) is 25.3 Å². The van der Waals surface area contributed by atoms with E-state index in [1.54, 1.807) is 6.92 Å². The Hall–Kier alpha value is -1.41. The molecule has 0 saturated heterocycles. The van der Waals surface area contributed by atoms with Gasteiger partial charge in [0.15, 0.2) is 0 Å². The van der Waals surface area contributed by atoms with Crippen LogP contribution in [0.15, 0.2) is 51.8 Å². The fourth-order valence-electron chi connectivity index (χ4n) is 2.09. The van der Waals surface area contributed by atoms with Crippen LogP contribution in [0.3, 0.4) is 0 Å². The molecule has 8 heteroatoms. The van der Waals surface area contributed by atoms with E-state index in [2.05, 4.69) is 25.4 Å². The number of nitrogens with one attached hydrogen (secondary N) is 1. The first-order valence-electron chi connectivity index (χ1n) is 6.90. The zero-order valence-corrected chi connectivity index (χ0v) is 16.1. The van der Waals surface area contributed by atoms with E-state index in [9.17, 15) is 13.2 Å². The minimum atomic E-state index is -3.92. The molecular weight excluding hydrogens is 418 g/mol. The molecular formula is C16H15BrClNO4S. The highest BCUT2D eigenvalue weighted by molar-refractivity contribution is 9.10. The minimum Gasteiger partial charge on any atom is -0.465 e. The first-order valence-corrected chi connectivity index (χ1v) is 9.55. The summed E-state index contributed by atoms with van der Waals surface area (Å²) in [4.78, 5) is 11.4. The van der Waals surface area contributed by atoms with Gasteiger partial charge < -0.3 is 4.74 Å². The Morgan fingerprint density at radius 3 is 2.58 bits per heavy atom. The Morgan fingerprint density at radius 1 is 1.25 bits per heavy atom. The molecule has 24 heavy (non-hydrogen) atoms. The molecule has 0 aliphatic heterocycles. The third kappa shape index (κ3) is 4.36. The predicted octanol–water partition coefficient (Wildman–Crippen LogP) is 3.93. The summed E-state index contributed by atoms with van der Waals surface area (Å²) in [7, 11) is -2.70. The SMILES string of the molecule is COC(=O)c1ccc(Cl)c(S(=O)(=O)NC(C)c2cccc(Br)c2)c1. The average molecular weight is 433 g/mol. The molecule has 1 unspecified atom stereocenters. The summed E-state index contributed by atoms with van der Waals surface area (Å²) in [6.45, 7) is 1.72. The van der Waals surface area contributed by atoms with Gasteiger partial charge in [-0.25, -0.2) is 17.9 Å². The molecule has 0 saturated carbocycles. The number of sulfonamides is 1. The molecule has 0 aliphatic carbocycles. The van der Waals surface area contributed by atoms with E-state index in [0.717, 1.165) is 10.0 Å². The van der Waals surface area contributed by atoms with Crippen LogP contribution in [0.4, 0.5) is 0 Å². The number of esters is 1. The summed E-state index contributed by atoms with van der Waals surface area (Å²) < 4.78 is 33.3. The van der Waals surface area contributed by atoms with Crippen molar-refractivity contribution in [1.29, 1.82) is 0 Å². The van der Waals surface area contributed by atoms with Gasteiger partial charge in [-0.05, 0) is 42.8 Å². The van der Waals surface area contributed by atoms with Gasteiger partial charge in [0.1, 0.15) is 4.90 Å². The highest BCUT2D eigenvalue weighted by atomic mass is 79.9. The minimum absolute atomic E-state index is 0.0246. The molecule has 0 spiro atoms. The number of methoxy groups -OCH3 is 1. The van der Waals surface area contributed by atoms with Crippen LogP contribution in [0.5, 0.6) is 0 Å². The zero-order chi connectivity index (χ0) is 17.9. The first-order chi connectivity index (χ1) is 11.2. The van der Waals surface area contributed by atoms with Crippen molar-refractivity contribution in [2.45, 2.75) is 17.9 Å². The van der Waals surface area contributed by atoms with Crippen LogP contribution in [-0.4, -0.2) is 21.5 Å². The summed E-state index contributed by atoms with van der Waals surface area (Å²) in [5, 5.41) is 0.0246. The predicted molar refractivity (Wildman–Crippen MR) is 95.7 cm³/mol. The smallest absolute Gasteiger partial charge is 0.337 e. The Bertz CT molecular complexity index is 870. The number of benzene rings is 2. The summed E-state index contributed by atoms with van der Waals surface area (Å²) in [5.41, 5.74) is 0.894. The molecule has 0 aromatic heterocycles. The van der Waals surface area contributed by atoms with Crippen molar-refractivity contribution < 1.29 is 17.9 Å². The van der Waals surface area contributed by atoms with Crippen LogP contribution in [0, 0.1) is 0 Å². The highest BCUT2D eigenvalue weighted by Crippen LogP contribution is 2.26. The molecule has 0 radical (unpaired) electrons. The molecule has 0 amide bonds. The number of hydrogen-bond acceptors (Lipinski definition) is 4. The summed E-state index contributed by atoms with van der Waals surface area (Å²) in [6.07, 6.45) is 0. The lowest BCUT2D eigenvalue weighted by Crippen LogP contribution is -2.27. The Kier molecular flexibility index (Phi) is 6.03. The summed E-state index contributed by atoms with van der Waals surface area (Å²) >= 11 is 9.35. The Labute approximate surface area is 154 Å². The molecule has 1 N–H and O–H groups in total. The van der Waals surface area contributed by atoms with Gasteiger partial charge in [-0.3, -0.25) is 0 Å². The second-order valence-corrected chi connectivity index (χ2v) is 8.04. The lowest BCUT2D eigenvalue weighted by molar-refractivity contribution is 0.0600. The molecule has 0 fully saturated rings. The second kappa shape index (κ2) is 7.65. The summed E-state index contributed by atoms with van der Waals surface area (Å²) in [5.74, 6) is -0.636.